The Labute approximate surface area is 154 Å². The van der Waals surface area contributed by atoms with Crippen molar-refractivity contribution in [1.82, 2.24) is 0 Å². The molecule has 4 aromatic rings. The maximum atomic E-state index is 2.27. The van der Waals surface area contributed by atoms with Gasteiger partial charge in [0, 0.05) is 28.7 Å². The van der Waals surface area contributed by atoms with Crippen LogP contribution in [0.25, 0.3) is 11.1 Å². The lowest BCUT2D eigenvalue weighted by molar-refractivity contribution is -0.671. The number of anilines is 3. The molecule has 0 aliphatic rings. The van der Waals surface area contributed by atoms with Crippen molar-refractivity contribution < 1.29 is 4.57 Å². The number of benzene rings is 3. The Balaban J connectivity index is 1.75. The molecule has 2 heteroatoms. The van der Waals surface area contributed by atoms with Crippen LogP contribution in [0.4, 0.5) is 17.1 Å². The average Bonchev–Trinajstić information content (AvgIpc) is 2.70. The molecule has 0 unspecified atom stereocenters. The van der Waals surface area contributed by atoms with Crippen LogP contribution < -0.4 is 9.47 Å². The predicted octanol–water partition coefficient (Wildman–Crippen LogP) is 5.65. The molecule has 0 N–H and O–H groups in total. The molecular weight excluding hydrogens is 316 g/mol. The predicted molar refractivity (Wildman–Crippen MR) is 108 cm³/mol. The second-order valence-corrected chi connectivity index (χ2v) is 6.31. The summed E-state index contributed by atoms with van der Waals surface area (Å²) in [5.41, 5.74) is 5.88. The van der Waals surface area contributed by atoms with Gasteiger partial charge in [-0.05, 0) is 48.0 Å². The Bertz CT molecular complexity index is 938. The number of hydrogen-bond acceptors (Lipinski definition) is 1. The lowest BCUT2D eigenvalue weighted by Gasteiger charge is -2.25. The van der Waals surface area contributed by atoms with E-state index in [0.717, 1.165) is 17.1 Å². The van der Waals surface area contributed by atoms with E-state index in [0.29, 0.717) is 0 Å². The van der Waals surface area contributed by atoms with Gasteiger partial charge in [0.1, 0.15) is 7.05 Å². The highest BCUT2D eigenvalue weighted by molar-refractivity contribution is 5.77. The summed E-state index contributed by atoms with van der Waals surface area (Å²) in [5.74, 6) is 0. The standard InChI is InChI=1S/C24H21N2/c1-25-18-8-9-21(19-25)20-14-16-24(17-15-20)26(22-10-4-2-5-11-22)23-12-6-3-7-13-23/h2-19H,1H3/q+1. The largest absolute Gasteiger partial charge is 0.311 e. The van der Waals surface area contributed by atoms with E-state index in [-0.39, 0.29) is 0 Å². The summed E-state index contributed by atoms with van der Waals surface area (Å²) >= 11 is 0. The quantitative estimate of drug-likeness (QED) is 0.437. The fourth-order valence-corrected chi connectivity index (χ4v) is 3.16. The molecule has 0 atom stereocenters. The van der Waals surface area contributed by atoms with E-state index in [2.05, 4.69) is 101 Å². The van der Waals surface area contributed by atoms with E-state index < -0.39 is 0 Å². The maximum absolute atomic E-state index is 2.27. The highest BCUT2D eigenvalue weighted by atomic mass is 15.1. The van der Waals surface area contributed by atoms with E-state index in [1.54, 1.807) is 0 Å². The number of aryl methyl sites for hydroxylation is 1. The van der Waals surface area contributed by atoms with E-state index >= 15 is 0 Å². The van der Waals surface area contributed by atoms with Gasteiger partial charge in [0.15, 0.2) is 12.4 Å². The number of aromatic nitrogens is 1. The van der Waals surface area contributed by atoms with Crippen LogP contribution in [0.5, 0.6) is 0 Å². The fraction of sp³-hybridized carbons (Fsp3) is 0.0417. The summed E-state index contributed by atoms with van der Waals surface area (Å²) in [7, 11) is 2.05. The van der Waals surface area contributed by atoms with Gasteiger partial charge in [-0.15, -0.1) is 0 Å². The third-order valence-corrected chi connectivity index (χ3v) is 4.43. The van der Waals surface area contributed by atoms with Crippen LogP contribution in [-0.4, -0.2) is 0 Å². The van der Waals surface area contributed by atoms with E-state index in [9.17, 15) is 0 Å². The molecule has 0 aliphatic heterocycles. The number of rotatable bonds is 4. The minimum atomic E-state index is 1.14. The smallest absolute Gasteiger partial charge is 0.176 e. The first kappa shape index (κ1) is 16.1. The highest BCUT2D eigenvalue weighted by Crippen LogP contribution is 2.34. The monoisotopic (exact) mass is 337 g/mol. The van der Waals surface area contributed by atoms with Crippen molar-refractivity contribution >= 4 is 17.1 Å². The Morgan fingerprint density at radius 1 is 0.538 bits per heavy atom. The van der Waals surface area contributed by atoms with E-state index in [1.807, 2.05) is 25.4 Å². The van der Waals surface area contributed by atoms with Crippen molar-refractivity contribution in [2.75, 3.05) is 4.90 Å². The summed E-state index contributed by atoms with van der Waals surface area (Å²) < 4.78 is 2.07. The van der Waals surface area contributed by atoms with Gasteiger partial charge < -0.3 is 4.90 Å². The van der Waals surface area contributed by atoms with Crippen LogP contribution in [0.1, 0.15) is 0 Å². The Morgan fingerprint density at radius 2 is 1.08 bits per heavy atom. The molecule has 1 aromatic heterocycles. The topological polar surface area (TPSA) is 7.12 Å². The molecule has 26 heavy (non-hydrogen) atoms. The molecule has 0 spiro atoms. The molecular formula is C24H21N2+. The molecule has 1 heterocycles. The number of nitrogens with zero attached hydrogens (tertiary/aromatic N) is 2. The zero-order chi connectivity index (χ0) is 17.8. The van der Waals surface area contributed by atoms with E-state index in [4.69, 9.17) is 0 Å². The van der Waals surface area contributed by atoms with Gasteiger partial charge in [-0.2, -0.15) is 0 Å². The number of pyridine rings is 1. The zero-order valence-electron chi connectivity index (χ0n) is 14.8. The third kappa shape index (κ3) is 3.35. The maximum Gasteiger partial charge on any atom is 0.176 e. The van der Waals surface area contributed by atoms with Crippen LogP contribution in [0.2, 0.25) is 0 Å². The molecule has 0 saturated carbocycles. The second-order valence-electron chi connectivity index (χ2n) is 6.31. The molecule has 0 saturated heterocycles. The average molecular weight is 337 g/mol. The molecule has 3 aromatic carbocycles. The fourth-order valence-electron chi connectivity index (χ4n) is 3.16. The van der Waals surface area contributed by atoms with Gasteiger partial charge in [0.25, 0.3) is 0 Å². The normalized spacial score (nSPS) is 10.5. The van der Waals surface area contributed by atoms with Crippen molar-refractivity contribution in [3.63, 3.8) is 0 Å². The molecule has 0 aliphatic carbocycles. The third-order valence-electron chi connectivity index (χ3n) is 4.43. The van der Waals surface area contributed by atoms with E-state index in [1.165, 1.54) is 11.1 Å². The molecule has 0 fully saturated rings. The Morgan fingerprint density at radius 3 is 1.62 bits per heavy atom. The minimum Gasteiger partial charge on any atom is -0.311 e. The highest BCUT2D eigenvalue weighted by Gasteiger charge is 2.12. The zero-order valence-corrected chi connectivity index (χ0v) is 14.8. The van der Waals surface area contributed by atoms with Crippen molar-refractivity contribution in [1.29, 1.82) is 0 Å². The summed E-state index contributed by atoms with van der Waals surface area (Å²) in [4.78, 5) is 2.27. The van der Waals surface area contributed by atoms with Crippen LogP contribution in [0.3, 0.4) is 0 Å². The molecule has 4 rings (SSSR count). The first-order chi connectivity index (χ1) is 12.8. The number of para-hydroxylation sites is 2. The van der Waals surface area contributed by atoms with Gasteiger partial charge in [-0.25, -0.2) is 4.57 Å². The van der Waals surface area contributed by atoms with Gasteiger partial charge >= 0.3 is 0 Å². The SMILES string of the molecule is C[n+]1cccc(-c2ccc(N(c3ccccc3)c3ccccc3)cc2)c1. The van der Waals surface area contributed by atoms with Crippen molar-refractivity contribution in [2.45, 2.75) is 0 Å². The first-order valence-corrected chi connectivity index (χ1v) is 8.77. The molecule has 0 amide bonds. The van der Waals surface area contributed by atoms with Gasteiger partial charge in [0.05, 0.1) is 0 Å². The van der Waals surface area contributed by atoms with Crippen molar-refractivity contribution in [2.24, 2.45) is 7.05 Å². The minimum absolute atomic E-state index is 1.14. The molecule has 0 bridgehead atoms. The lowest BCUT2D eigenvalue weighted by Crippen LogP contribution is -2.26. The summed E-state index contributed by atoms with van der Waals surface area (Å²) in [5, 5.41) is 0. The summed E-state index contributed by atoms with van der Waals surface area (Å²) in [6.45, 7) is 0. The number of hydrogen-bond donors (Lipinski definition) is 0. The van der Waals surface area contributed by atoms with Crippen molar-refractivity contribution in [3.05, 3.63) is 109 Å². The first-order valence-electron chi connectivity index (χ1n) is 8.77. The summed E-state index contributed by atoms with van der Waals surface area (Å²) in [6.07, 6.45) is 4.19. The van der Waals surface area contributed by atoms with Crippen molar-refractivity contribution in [3.8, 4) is 11.1 Å². The second kappa shape index (κ2) is 7.24. The Kier molecular flexibility index (Phi) is 4.48. The van der Waals surface area contributed by atoms with Gasteiger partial charge in [-0.1, -0.05) is 48.5 Å². The summed E-state index contributed by atoms with van der Waals surface area (Å²) in [6, 6.07) is 33.9. The van der Waals surface area contributed by atoms with Crippen LogP contribution in [0, 0.1) is 0 Å². The van der Waals surface area contributed by atoms with Crippen LogP contribution in [-0.2, 0) is 7.05 Å². The molecule has 126 valence electrons. The Hall–Kier alpha value is -3.39. The lowest BCUT2D eigenvalue weighted by atomic mass is 10.1. The van der Waals surface area contributed by atoms with Crippen LogP contribution in [0.15, 0.2) is 109 Å². The molecule has 2 nitrogen and oxygen atoms in total. The van der Waals surface area contributed by atoms with Gasteiger partial charge in [-0.3, -0.25) is 0 Å². The van der Waals surface area contributed by atoms with Crippen LogP contribution >= 0.6 is 0 Å². The van der Waals surface area contributed by atoms with Gasteiger partial charge in [0.2, 0.25) is 0 Å². The molecule has 0 radical (unpaired) electrons.